The van der Waals surface area contributed by atoms with Crippen LogP contribution in [0.15, 0.2) is 42.7 Å². The number of aryl methyl sites for hydroxylation is 1. The standard InChI is InChI=1S/C18H23N3O/c1-4-13(3)20-17-10-15(11-19-12-17)18(22)21-16-8-6-14(5-2)7-9-16/h6-13,20H,4-5H2,1-3H3,(H,21,22). The Bertz CT molecular complexity index is 622. The average molecular weight is 297 g/mol. The lowest BCUT2D eigenvalue weighted by Crippen LogP contribution is -2.16. The fraction of sp³-hybridized carbons (Fsp3) is 0.333. The summed E-state index contributed by atoms with van der Waals surface area (Å²) in [5.74, 6) is -0.149. The molecule has 22 heavy (non-hydrogen) atoms. The van der Waals surface area contributed by atoms with Crippen LogP contribution in [0.25, 0.3) is 0 Å². The van der Waals surface area contributed by atoms with Crippen molar-refractivity contribution >= 4 is 17.3 Å². The third-order valence-corrected chi connectivity index (χ3v) is 3.65. The molecule has 0 fully saturated rings. The van der Waals surface area contributed by atoms with Gasteiger partial charge in [0.25, 0.3) is 5.91 Å². The van der Waals surface area contributed by atoms with Crippen LogP contribution in [0, 0.1) is 0 Å². The topological polar surface area (TPSA) is 54.0 Å². The van der Waals surface area contributed by atoms with Gasteiger partial charge in [-0.1, -0.05) is 26.0 Å². The van der Waals surface area contributed by atoms with Crippen molar-refractivity contribution < 1.29 is 4.79 Å². The summed E-state index contributed by atoms with van der Waals surface area (Å²) < 4.78 is 0. The molecule has 2 N–H and O–H groups in total. The van der Waals surface area contributed by atoms with Gasteiger partial charge >= 0.3 is 0 Å². The maximum atomic E-state index is 12.3. The molecule has 0 saturated heterocycles. The Morgan fingerprint density at radius 3 is 2.50 bits per heavy atom. The van der Waals surface area contributed by atoms with Crippen molar-refractivity contribution in [3.05, 3.63) is 53.9 Å². The molecule has 1 atom stereocenters. The summed E-state index contributed by atoms with van der Waals surface area (Å²) in [7, 11) is 0. The first kappa shape index (κ1) is 16.0. The molecule has 4 heteroatoms. The molecule has 0 aliphatic heterocycles. The molecule has 0 spiro atoms. The van der Waals surface area contributed by atoms with E-state index in [1.807, 2.05) is 30.3 Å². The van der Waals surface area contributed by atoms with Crippen molar-refractivity contribution in [1.29, 1.82) is 0 Å². The van der Waals surface area contributed by atoms with E-state index in [2.05, 4.69) is 36.4 Å². The minimum Gasteiger partial charge on any atom is -0.381 e. The highest BCUT2D eigenvalue weighted by molar-refractivity contribution is 6.04. The molecular weight excluding hydrogens is 274 g/mol. The Kier molecular flexibility index (Phi) is 5.53. The molecule has 1 aromatic heterocycles. The number of aromatic nitrogens is 1. The summed E-state index contributed by atoms with van der Waals surface area (Å²) in [4.78, 5) is 16.4. The normalized spacial score (nSPS) is 11.8. The summed E-state index contributed by atoms with van der Waals surface area (Å²) in [5.41, 5.74) is 3.46. The van der Waals surface area contributed by atoms with E-state index in [1.54, 1.807) is 12.4 Å². The van der Waals surface area contributed by atoms with Gasteiger partial charge in [-0.05, 0) is 43.5 Å². The lowest BCUT2D eigenvalue weighted by atomic mass is 10.1. The van der Waals surface area contributed by atoms with Gasteiger partial charge in [-0.2, -0.15) is 0 Å². The number of hydrogen-bond acceptors (Lipinski definition) is 3. The number of hydrogen-bond donors (Lipinski definition) is 2. The molecule has 4 nitrogen and oxygen atoms in total. The van der Waals surface area contributed by atoms with Crippen LogP contribution in [0.4, 0.5) is 11.4 Å². The highest BCUT2D eigenvalue weighted by Gasteiger charge is 2.08. The Hall–Kier alpha value is -2.36. The molecule has 116 valence electrons. The number of nitrogens with zero attached hydrogens (tertiary/aromatic N) is 1. The molecule has 0 radical (unpaired) electrons. The Balaban J connectivity index is 2.06. The van der Waals surface area contributed by atoms with Gasteiger partial charge in [0.15, 0.2) is 0 Å². The molecule has 1 unspecified atom stereocenters. The number of nitrogens with one attached hydrogen (secondary N) is 2. The van der Waals surface area contributed by atoms with Crippen LogP contribution in [-0.2, 0) is 6.42 Å². The van der Waals surface area contributed by atoms with Gasteiger partial charge in [0, 0.05) is 24.1 Å². The number of benzene rings is 1. The monoisotopic (exact) mass is 297 g/mol. The summed E-state index contributed by atoms with van der Waals surface area (Å²) in [6.07, 6.45) is 5.32. The van der Waals surface area contributed by atoms with Crippen LogP contribution in [-0.4, -0.2) is 16.9 Å². The summed E-state index contributed by atoms with van der Waals surface area (Å²) >= 11 is 0. The van der Waals surface area contributed by atoms with E-state index < -0.39 is 0 Å². The van der Waals surface area contributed by atoms with Gasteiger partial charge in [-0.15, -0.1) is 0 Å². The number of carbonyl (C=O) groups excluding carboxylic acids is 1. The predicted octanol–water partition coefficient (Wildman–Crippen LogP) is 4.11. The van der Waals surface area contributed by atoms with E-state index >= 15 is 0 Å². The SMILES string of the molecule is CCc1ccc(NC(=O)c2cncc(NC(C)CC)c2)cc1. The van der Waals surface area contributed by atoms with Gasteiger partial charge in [0.05, 0.1) is 11.3 Å². The van der Waals surface area contributed by atoms with Crippen LogP contribution in [0.1, 0.15) is 43.1 Å². The second kappa shape index (κ2) is 7.59. The van der Waals surface area contributed by atoms with Gasteiger partial charge in [0.2, 0.25) is 0 Å². The largest absolute Gasteiger partial charge is 0.381 e. The summed E-state index contributed by atoms with van der Waals surface area (Å²) in [5, 5.41) is 6.22. The van der Waals surface area contributed by atoms with Crippen LogP contribution in [0.3, 0.4) is 0 Å². The molecule has 0 bridgehead atoms. The Morgan fingerprint density at radius 1 is 1.14 bits per heavy atom. The fourth-order valence-electron chi connectivity index (χ4n) is 2.06. The molecule has 0 aliphatic rings. The van der Waals surface area contributed by atoms with Crippen LogP contribution in [0.5, 0.6) is 0 Å². The van der Waals surface area contributed by atoms with Crippen LogP contribution in [0.2, 0.25) is 0 Å². The van der Waals surface area contributed by atoms with Gasteiger partial charge in [0.1, 0.15) is 0 Å². The second-order valence-electron chi connectivity index (χ2n) is 5.42. The molecule has 1 heterocycles. The minimum atomic E-state index is -0.149. The minimum absolute atomic E-state index is 0.149. The first-order valence-corrected chi connectivity index (χ1v) is 7.74. The number of amides is 1. The van der Waals surface area contributed by atoms with Crippen molar-refractivity contribution in [3.8, 4) is 0 Å². The van der Waals surface area contributed by atoms with Crippen LogP contribution < -0.4 is 10.6 Å². The van der Waals surface area contributed by atoms with Crippen molar-refractivity contribution in [2.75, 3.05) is 10.6 Å². The van der Waals surface area contributed by atoms with E-state index in [0.29, 0.717) is 11.6 Å². The zero-order valence-electron chi connectivity index (χ0n) is 13.4. The highest BCUT2D eigenvalue weighted by Crippen LogP contribution is 2.14. The molecule has 0 aliphatic carbocycles. The average Bonchev–Trinajstić information content (AvgIpc) is 2.55. The highest BCUT2D eigenvalue weighted by atomic mass is 16.1. The maximum Gasteiger partial charge on any atom is 0.257 e. The zero-order valence-corrected chi connectivity index (χ0v) is 13.4. The van der Waals surface area contributed by atoms with Gasteiger partial charge in [-0.3, -0.25) is 9.78 Å². The quantitative estimate of drug-likeness (QED) is 0.843. The number of anilines is 2. The third kappa shape index (κ3) is 4.32. The molecule has 1 amide bonds. The van der Waals surface area contributed by atoms with E-state index in [0.717, 1.165) is 24.2 Å². The van der Waals surface area contributed by atoms with Crippen molar-refractivity contribution in [2.45, 2.75) is 39.7 Å². The molecule has 0 saturated carbocycles. The summed E-state index contributed by atoms with van der Waals surface area (Å²) in [6, 6.07) is 10.1. The van der Waals surface area contributed by atoms with Crippen molar-refractivity contribution in [1.82, 2.24) is 4.98 Å². The molecular formula is C18H23N3O. The lowest BCUT2D eigenvalue weighted by molar-refractivity contribution is 0.102. The zero-order chi connectivity index (χ0) is 15.9. The van der Waals surface area contributed by atoms with E-state index in [9.17, 15) is 4.79 Å². The Labute approximate surface area is 132 Å². The maximum absolute atomic E-state index is 12.3. The lowest BCUT2D eigenvalue weighted by Gasteiger charge is -2.13. The first-order chi connectivity index (χ1) is 10.6. The molecule has 2 rings (SSSR count). The fourth-order valence-corrected chi connectivity index (χ4v) is 2.06. The predicted molar refractivity (Wildman–Crippen MR) is 91.4 cm³/mol. The van der Waals surface area contributed by atoms with Crippen molar-refractivity contribution in [3.63, 3.8) is 0 Å². The van der Waals surface area contributed by atoms with Gasteiger partial charge in [-0.25, -0.2) is 0 Å². The smallest absolute Gasteiger partial charge is 0.257 e. The van der Waals surface area contributed by atoms with E-state index in [1.165, 1.54) is 5.56 Å². The van der Waals surface area contributed by atoms with Crippen molar-refractivity contribution in [2.24, 2.45) is 0 Å². The molecule has 2 aromatic rings. The second-order valence-corrected chi connectivity index (χ2v) is 5.42. The summed E-state index contributed by atoms with van der Waals surface area (Å²) in [6.45, 7) is 6.32. The van der Waals surface area contributed by atoms with Crippen LogP contribution >= 0.6 is 0 Å². The third-order valence-electron chi connectivity index (χ3n) is 3.65. The Morgan fingerprint density at radius 2 is 1.86 bits per heavy atom. The van der Waals surface area contributed by atoms with E-state index in [-0.39, 0.29) is 5.91 Å². The number of pyridine rings is 1. The number of carbonyl (C=O) groups is 1. The molecule has 1 aromatic carbocycles. The van der Waals surface area contributed by atoms with E-state index in [4.69, 9.17) is 0 Å². The first-order valence-electron chi connectivity index (χ1n) is 7.74. The number of rotatable bonds is 6. The van der Waals surface area contributed by atoms with Gasteiger partial charge < -0.3 is 10.6 Å².